The number of benzene rings is 1. The van der Waals surface area contributed by atoms with Crippen molar-refractivity contribution in [3.05, 3.63) is 28.2 Å². The van der Waals surface area contributed by atoms with Crippen molar-refractivity contribution in [2.45, 2.75) is 6.54 Å². The normalized spacial score (nSPS) is 10.1. The zero-order valence-electron chi connectivity index (χ0n) is 8.48. The molecule has 0 bridgehead atoms. The van der Waals surface area contributed by atoms with Gasteiger partial charge in [0.2, 0.25) is 5.13 Å². The van der Waals surface area contributed by atoms with E-state index in [4.69, 9.17) is 4.74 Å². The molecule has 0 saturated carbocycles. The summed E-state index contributed by atoms with van der Waals surface area (Å²) in [5.41, 5.74) is 1.13. The summed E-state index contributed by atoms with van der Waals surface area (Å²) in [4.78, 5) is 0. The van der Waals surface area contributed by atoms with E-state index in [0.29, 0.717) is 11.7 Å². The Morgan fingerprint density at radius 1 is 1.50 bits per heavy atom. The largest absolute Gasteiger partial charge is 0.496 e. The minimum absolute atomic E-state index is 0.680. The average Bonchev–Trinajstić information content (AvgIpc) is 2.79. The Morgan fingerprint density at radius 3 is 3.00 bits per heavy atom. The Hall–Kier alpha value is -1.21. The Labute approximate surface area is 105 Å². The zero-order chi connectivity index (χ0) is 11.4. The van der Waals surface area contributed by atoms with Gasteiger partial charge in [0.1, 0.15) is 5.75 Å². The highest BCUT2D eigenvalue weighted by molar-refractivity contribution is 9.10. The first-order chi connectivity index (χ1) is 7.79. The molecule has 0 radical (unpaired) electrons. The number of rotatable bonds is 4. The number of hydrogen-bond acceptors (Lipinski definition) is 6. The lowest BCUT2D eigenvalue weighted by atomic mass is 10.2. The highest BCUT2D eigenvalue weighted by atomic mass is 79.9. The molecule has 0 spiro atoms. The van der Waals surface area contributed by atoms with Crippen molar-refractivity contribution in [2.24, 2.45) is 0 Å². The van der Waals surface area contributed by atoms with Crippen molar-refractivity contribution in [1.82, 2.24) is 14.8 Å². The van der Waals surface area contributed by atoms with E-state index in [0.717, 1.165) is 15.8 Å². The molecule has 0 aliphatic heterocycles. The van der Waals surface area contributed by atoms with Crippen LogP contribution in [0.4, 0.5) is 5.13 Å². The number of ether oxygens (including phenoxy) is 1. The highest BCUT2D eigenvalue weighted by Crippen LogP contribution is 2.25. The predicted octanol–water partition coefficient (Wildman–Crippen LogP) is 2.32. The van der Waals surface area contributed by atoms with Crippen LogP contribution in [0.25, 0.3) is 0 Å². The van der Waals surface area contributed by atoms with Gasteiger partial charge in [-0.2, -0.15) is 0 Å². The van der Waals surface area contributed by atoms with Gasteiger partial charge >= 0.3 is 0 Å². The van der Waals surface area contributed by atoms with Gasteiger partial charge in [0.05, 0.1) is 11.6 Å². The standard InChI is InChI=1S/C9H9BrN4OS/c1-15-8-3-2-6(4-7(8)10)5-11-9-12-13-14-16-9/h2-4H,5H2,1H3,(H,11,12,14). The van der Waals surface area contributed by atoms with Crippen LogP contribution in [-0.2, 0) is 6.54 Å². The van der Waals surface area contributed by atoms with Crippen LogP contribution >= 0.6 is 27.5 Å². The quantitative estimate of drug-likeness (QED) is 0.939. The molecule has 0 saturated heterocycles. The number of nitrogens with zero attached hydrogens (tertiary/aromatic N) is 3. The molecule has 0 atom stereocenters. The van der Waals surface area contributed by atoms with Gasteiger partial charge in [-0.25, -0.2) is 0 Å². The maximum atomic E-state index is 5.15. The second-order valence-electron chi connectivity index (χ2n) is 2.99. The van der Waals surface area contributed by atoms with E-state index in [2.05, 4.69) is 36.0 Å². The molecule has 2 rings (SSSR count). The summed E-state index contributed by atoms with van der Waals surface area (Å²) in [7, 11) is 1.64. The number of hydrogen-bond donors (Lipinski definition) is 1. The van der Waals surface area contributed by atoms with Gasteiger partial charge in [-0.3, -0.25) is 0 Å². The van der Waals surface area contributed by atoms with Gasteiger partial charge in [0.25, 0.3) is 0 Å². The van der Waals surface area contributed by atoms with Crippen LogP contribution in [0.3, 0.4) is 0 Å². The number of anilines is 1. The third kappa shape index (κ3) is 2.67. The van der Waals surface area contributed by atoms with Gasteiger partial charge in [-0.05, 0) is 38.8 Å². The monoisotopic (exact) mass is 300 g/mol. The molecule has 5 nitrogen and oxygen atoms in total. The van der Waals surface area contributed by atoms with Crippen LogP contribution < -0.4 is 10.1 Å². The fraction of sp³-hybridized carbons (Fsp3) is 0.222. The number of methoxy groups -OCH3 is 1. The summed E-state index contributed by atoms with van der Waals surface area (Å²) < 4.78 is 9.76. The third-order valence-electron chi connectivity index (χ3n) is 1.96. The van der Waals surface area contributed by atoms with E-state index < -0.39 is 0 Å². The van der Waals surface area contributed by atoms with Gasteiger partial charge in [0.15, 0.2) is 0 Å². The van der Waals surface area contributed by atoms with Crippen LogP contribution in [0.1, 0.15) is 5.56 Å². The summed E-state index contributed by atoms with van der Waals surface area (Å²) in [6.07, 6.45) is 0. The molecule has 0 aliphatic rings. The highest BCUT2D eigenvalue weighted by Gasteiger charge is 2.02. The van der Waals surface area contributed by atoms with Crippen molar-refractivity contribution in [1.29, 1.82) is 0 Å². The van der Waals surface area contributed by atoms with E-state index >= 15 is 0 Å². The van der Waals surface area contributed by atoms with E-state index in [1.54, 1.807) is 7.11 Å². The lowest BCUT2D eigenvalue weighted by Crippen LogP contribution is -1.99. The minimum atomic E-state index is 0.680. The van der Waals surface area contributed by atoms with Crippen LogP contribution in [0.15, 0.2) is 22.7 Å². The van der Waals surface area contributed by atoms with E-state index in [1.807, 2.05) is 18.2 Å². The fourth-order valence-electron chi connectivity index (χ4n) is 1.20. The second kappa shape index (κ2) is 5.22. The van der Waals surface area contributed by atoms with Crippen molar-refractivity contribution in [3.8, 4) is 5.75 Å². The van der Waals surface area contributed by atoms with Gasteiger partial charge in [0, 0.05) is 18.1 Å². The summed E-state index contributed by atoms with van der Waals surface area (Å²) in [5, 5.41) is 11.1. The molecule has 1 aromatic carbocycles. The molecule has 16 heavy (non-hydrogen) atoms. The molecule has 2 aromatic rings. The SMILES string of the molecule is COc1ccc(CNc2nnns2)cc1Br. The lowest BCUT2D eigenvalue weighted by molar-refractivity contribution is 0.412. The minimum Gasteiger partial charge on any atom is -0.496 e. The first-order valence-corrected chi connectivity index (χ1v) is 6.07. The molecule has 7 heteroatoms. The molecule has 1 heterocycles. The first-order valence-electron chi connectivity index (χ1n) is 4.51. The molecule has 0 unspecified atom stereocenters. The Kier molecular flexibility index (Phi) is 3.68. The predicted molar refractivity (Wildman–Crippen MR) is 65.7 cm³/mol. The summed E-state index contributed by atoms with van der Waals surface area (Å²) >= 11 is 4.67. The van der Waals surface area contributed by atoms with E-state index in [-0.39, 0.29) is 0 Å². The zero-order valence-corrected chi connectivity index (χ0v) is 10.9. The smallest absolute Gasteiger partial charge is 0.225 e. The number of nitrogens with one attached hydrogen (secondary N) is 1. The van der Waals surface area contributed by atoms with Crippen LogP contribution in [0.5, 0.6) is 5.75 Å². The van der Waals surface area contributed by atoms with Crippen LogP contribution in [0, 0.1) is 0 Å². The molecule has 1 N–H and O–H groups in total. The molecule has 1 aromatic heterocycles. The number of aromatic nitrogens is 3. The summed E-state index contributed by atoms with van der Waals surface area (Å²) in [6.45, 7) is 0.680. The van der Waals surface area contributed by atoms with Crippen LogP contribution in [-0.4, -0.2) is 21.9 Å². The maximum Gasteiger partial charge on any atom is 0.225 e. The first kappa shape index (κ1) is 11.3. The maximum absolute atomic E-state index is 5.15. The molecule has 0 aliphatic carbocycles. The van der Waals surface area contributed by atoms with Crippen molar-refractivity contribution in [3.63, 3.8) is 0 Å². The molecular formula is C9H9BrN4OS. The van der Waals surface area contributed by atoms with Crippen molar-refractivity contribution in [2.75, 3.05) is 12.4 Å². The van der Waals surface area contributed by atoms with Gasteiger partial charge < -0.3 is 10.1 Å². The van der Waals surface area contributed by atoms with Crippen LogP contribution in [0.2, 0.25) is 0 Å². The average molecular weight is 301 g/mol. The van der Waals surface area contributed by atoms with Gasteiger partial charge in [-0.1, -0.05) is 15.7 Å². The Balaban J connectivity index is 2.02. The van der Waals surface area contributed by atoms with Gasteiger partial charge in [-0.15, -0.1) is 0 Å². The molecule has 0 fully saturated rings. The number of halogens is 1. The second-order valence-corrected chi connectivity index (χ2v) is 4.58. The summed E-state index contributed by atoms with van der Waals surface area (Å²) in [6, 6.07) is 5.91. The Bertz CT molecular complexity index is 463. The Morgan fingerprint density at radius 2 is 2.38 bits per heavy atom. The molecule has 84 valence electrons. The third-order valence-corrected chi connectivity index (χ3v) is 3.13. The lowest BCUT2D eigenvalue weighted by Gasteiger charge is -2.06. The topological polar surface area (TPSA) is 59.9 Å². The van der Waals surface area contributed by atoms with E-state index in [1.165, 1.54) is 11.5 Å². The van der Waals surface area contributed by atoms with E-state index in [9.17, 15) is 0 Å². The summed E-state index contributed by atoms with van der Waals surface area (Å²) in [5.74, 6) is 0.821. The fourth-order valence-corrected chi connectivity index (χ4v) is 2.15. The molecule has 0 amide bonds. The van der Waals surface area contributed by atoms with Crippen molar-refractivity contribution < 1.29 is 4.74 Å². The molecular weight excluding hydrogens is 292 g/mol. The van der Waals surface area contributed by atoms with Crippen molar-refractivity contribution >= 4 is 32.6 Å².